The van der Waals surface area contributed by atoms with Crippen molar-refractivity contribution in [2.24, 2.45) is 5.92 Å². The summed E-state index contributed by atoms with van der Waals surface area (Å²) >= 11 is 0. The SMILES string of the molecule is CCOc1ccccc1NC(=O)[C@@H]1CC(=O)N(Cc2ccco2)C1. The number of benzene rings is 1. The molecule has 6 heteroatoms. The number of anilines is 1. The molecule has 1 aromatic heterocycles. The molecule has 2 heterocycles. The smallest absolute Gasteiger partial charge is 0.229 e. The Morgan fingerprint density at radius 2 is 2.17 bits per heavy atom. The van der Waals surface area contributed by atoms with E-state index in [1.54, 1.807) is 23.3 Å². The van der Waals surface area contributed by atoms with Crippen molar-refractivity contribution in [3.05, 3.63) is 48.4 Å². The van der Waals surface area contributed by atoms with E-state index >= 15 is 0 Å². The zero-order valence-electron chi connectivity index (χ0n) is 13.5. The van der Waals surface area contributed by atoms with Gasteiger partial charge in [-0.3, -0.25) is 9.59 Å². The van der Waals surface area contributed by atoms with E-state index in [2.05, 4.69) is 5.32 Å². The first-order valence-corrected chi connectivity index (χ1v) is 8.00. The van der Waals surface area contributed by atoms with Crippen LogP contribution in [0.3, 0.4) is 0 Å². The lowest BCUT2D eigenvalue weighted by Crippen LogP contribution is -2.28. The molecule has 2 aromatic rings. The number of likely N-dealkylation sites (tertiary alicyclic amines) is 1. The van der Waals surface area contributed by atoms with Crippen LogP contribution in [0.25, 0.3) is 0 Å². The number of amides is 2. The summed E-state index contributed by atoms with van der Waals surface area (Å²) in [6.45, 7) is 3.19. The second-order valence-corrected chi connectivity index (χ2v) is 5.67. The highest BCUT2D eigenvalue weighted by molar-refractivity contribution is 5.98. The third-order valence-electron chi connectivity index (χ3n) is 3.96. The highest BCUT2D eigenvalue weighted by atomic mass is 16.5. The largest absolute Gasteiger partial charge is 0.492 e. The molecule has 0 aliphatic carbocycles. The molecule has 1 aromatic carbocycles. The van der Waals surface area contributed by atoms with Gasteiger partial charge in [0.2, 0.25) is 11.8 Å². The molecule has 1 fully saturated rings. The van der Waals surface area contributed by atoms with E-state index in [9.17, 15) is 9.59 Å². The minimum absolute atomic E-state index is 0.0374. The highest BCUT2D eigenvalue weighted by Gasteiger charge is 2.34. The van der Waals surface area contributed by atoms with E-state index in [4.69, 9.17) is 9.15 Å². The van der Waals surface area contributed by atoms with Crippen molar-refractivity contribution in [2.75, 3.05) is 18.5 Å². The molecule has 3 rings (SSSR count). The van der Waals surface area contributed by atoms with Gasteiger partial charge in [-0.05, 0) is 31.2 Å². The van der Waals surface area contributed by atoms with Gasteiger partial charge in [0, 0.05) is 13.0 Å². The number of carbonyl (C=O) groups excluding carboxylic acids is 2. The summed E-state index contributed by atoms with van der Waals surface area (Å²) in [5.41, 5.74) is 0.626. The maximum absolute atomic E-state index is 12.5. The topological polar surface area (TPSA) is 71.8 Å². The van der Waals surface area contributed by atoms with Crippen molar-refractivity contribution < 1.29 is 18.7 Å². The van der Waals surface area contributed by atoms with Crippen LogP contribution in [-0.4, -0.2) is 29.9 Å². The van der Waals surface area contributed by atoms with E-state index in [0.717, 1.165) is 0 Å². The quantitative estimate of drug-likeness (QED) is 0.885. The first-order chi connectivity index (χ1) is 11.7. The van der Waals surface area contributed by atoms with Crippen molar-refractivity contribution in [1.29, 1.82) is 0 Å². The van der Waals surface area contributed by atoms with Gasteiger partial charge < -0.3 is 19.4 Å². The number of furan rings is 1. The van der Waals surface area contributed by atoms with Crippen LogP contribution < -0.4 is 10.1 Å². The Hall–Kier alpha value is -2.76. The summed E-state index contributed by atoms with van der Waals surface area (Å²) in [5.74, 6) is 0.764. The van der Waals surface area contributed by atoms with Crippen LogP contribution in [-0.2, 0) is 16.1 Å². The average molecular weight is 328 g/mol. The molecular formula is C18H20N2O4. The van der Waals surface area contributed by atoms with Crippen LogP contribution in [0, 0.1) is 5.92 Å². The van der Waals surface area contributed by atoms with Gasteiger partial charge in [0.1, 0.15) is 11.5 Å². The molecule has 1 aliphatic rings. The molecule has 24 heavy (non-hydrogen) atoms. The molecular weight excluding hydrogens is 308 g/mol. The van der Waals surface area contributed by atoms with Crippen molar-refractivity contribution in [3.63, 3.8) is 0 Å². The Kier molecular flexibility index (Phi) is 4.84. The van der Waals surface area contributed by atoms with Gasteiger partial charge in [0.25, 0.3) is 0 Å². The van der Waals surface area contributed by atoms with Crippen LogP contribution in [0.15, 0.2) is 47.1 Å². The Balaban J connectivity index is 1.63. The van der Waals surface area contributed by atoms with E-state index in [1.807, 2.05) is 31.2 Å². The van der Waals surface area contributed by atoms with Crippen LogP contribution in [0.4, 0.5) is 5.69 Å². The molecule has 6 nitrogen and oxygen atoms in total. The first kappa shape index (κ1) is 16.1. The number of hydrogen-bond acceptors (Lipinski definition) is 4. The predicted molar refractivity (Wildman–Crippen MR) is 88.5 cm³/mol. The van der Waals surface area contributed by atoms with Gasteiger partial charge in [-0.1, -0.05) is 12.1 Å². The maximum atomic E-state index is 12.5. The maximum Gasteiger partial charge on any atom is 0.229 e. The molecule has 0 bridgehead atoms. The average Bonchev–Trinajstić information content (AvgIpc) is 3.20. The van der Waals surface area contributed by atoms with Gasteiger partial charge >= 0.3 is 0 Å². The molecule has 0 radical (unpaired) electrons. The molecule has 1 atom stereocenters. The third-order valence-corrected chi connectivity index (χ3v) is 3.96. The molecule has 1 aliphatic heterocycles. The minimum atomic E-state index is -0.373. The second-order valence-electron chi connectivity index (χ2n) is 5.67. The van der Waals surface area contributed by atoms with E-state index in [0.29, 0.717) is 36.9 Å². The zero-order chi connectivity index (χ0) is 16.9. The molecule has 2 amide bonds. The highest BCUT2D eigenvalue weighted by Crippen LogP contribution is 2.26. The number of para-hydroxylation sites is 2. The Morgan fingerprint density at radius 1 is 1.33 bits per heavy atom. The number of nitrogens with one attached hydrogen (secondary N) is 1. The summed E-state index contributed by atoms with van der Waals surface area (Å²) in [5, 5.41) is 2.87. The first-order valence-electron chi connectivity index (χ1n) is 8.00. The predicted octanol–water partition coefficient (Wildman–Crippen LogP) is 2.67. The third kappa shape index (κ3) is 3.59. The van der Waals surface area contributed by atoms with Gasteiger partial charge in [0.05, 0.1) is 31.0 Å². The number of nitrogens with zero attached hydrogens (tertiary/aromatic N) is 1. The number of rotatable bonds is 6. The molecule has 0 unspecified atom stereocenters. The van der Waals surface area contributed by atoms with Crippen molar-refractivity contribution in [2.45, 2.75) is 19.9 Å². The zero-order valence-corrected chi connectivity index (χ0v) is 13.5. The standard InChI is InChI=1S/C18H20N2O4/c1-2-23-16-8-4-3-7-15(16)19-18(22)13-10-17(21)20(11-13)12-14-6-5-9-24-14/h3-9,13H,2,10-12H2,1H3,(H,19,22)/t13-/m1/s1. The van der Waals surface area contributed by atoms with E-state index in [1.165, 1.54) is 0 Å². The fourth-order valence-electron chi connectivity index (χ4n) is 2.78. The Bertz CT molecular complexity index is 712. The van der Waals surface area contributed by atoms with Crippen LogP contribution in [0.2, 0.25) is 0 Å². The van der Waals surface area contributed by atoms with Crippen molar-refractivity contribution in [3.8, 4) is 5.75 Å². The molecule has 0 spiro atoms. The number of carbonyl (C=O) groups is 2. The molecule has 1 N–H and O–H groups in total. The number of hydrogen-bond donors (Lipinski definition) is 1. The number of ether oxygens (including phenoxy) is 1. The van der Waals surface area contributed by atoms with Crippen molar-refractivity contribution >= 4 is 17.5 Å². The normalized spacial score (nSPS) is 17.1. The lowest BCUT2D eigenvalue weighted by atomic mass is 10.1. The minimum Gasteiger partial charge on any atom is -0.492 e. The van der Waals surface area contributed by atoms with Gasteiger partial charge in [-0.2, -0.15) is 0 Å². The van der Waals surface area contributed by atoms with Crippen molar-refractivity contribution in [1.82, 2.24) is 4.90 Å². The Morgan fingerprint density at radius 3 is 2.92 bits per heavy atom. The molecule has 126 valence electrons. The fourth-order valence-corrected chi connectivity index (χ4v) is 2.78. The lowest BCUT2D eigenvalue weighted by Gasteiger charge is -2.16. The van der Waals surface area contributed by atoms with Gasteiger partial charge in [0.15, 0.2) is 0 Å². The Labute approximate surface area is 140 Å². The van der Waals surface area contributed by atoms with Crippen LogP contribution in [0.1, 0.15) is 19.1 Å². The summed E-state index contributed by atoms with van der Waals surface area (Å²) in [6, 6.07) is 10.9. The summed E-state index contributed by atoms with van der Waals surface area (Å²) in [4.78, 5) is 26.3. The van der Waals surface area contributed by atoms with Gasteiger partial charge in [-0.25, -0.2) is 0 Å². The van der Waals surface area contributed by atoms with E-state index in [-0.39, 0.29) is 24.2 Å². The summed E-state index contributed by atoms with van der Waals surface area (Å²) in [7, 11) is 0. The summed E-state index contributed by atoms with van der Waals surface area (Å²) < 4.78 is 10.8. The van der Waals surface area contributed by atoms with Crippen LogP contribution in [0.5, 0.6) is 5.75 Å². The molecule has 1 saturated heterocycles. The molecule has 0 saturated carbocycles. The summed E-state index contributed by atoms with van der Waals surface area (Å²) in [6.07, 6.45) is 1.79. The lowest BCUT2D eigenvalue weighted by molar-refractivity contribution is -0.128. The van der Waals surface area contributed by atoms with E-state index < -0.39 is 0 Å². The van der Waals surface area contributed by atoms with Gasteiger partial charge in [-0.15, -0.1) is 0 Å². The van der Waals surface area contributed by atoms with Crippen LogP contribution >= 0.6 is 0 Å². The monoisotopic (exact) mass is 328 g/mol. The fraction of sp³-hybridized carbons (Fsp3) is 0.333. The second kappa shape index (κ2) is 7.21.